The van der Waals surface area contributed by atoms with Crippen molar-refractivity contribution in [3.63, 3.8) is 0 Å². The van der Waals surface area contributed by atoms with E-state index in [4.69, 9.17) is 21.6 Å². The molecule has 0 radical (unpaired) electrons. The van der Waals surface area contributed by atoms with Crippen molar-refractivity contribution in [2.45, 2.75) is 17.2 Å². The van der Waals surface area contributed by atoms with E-state index >= 15 is 0 Å². The van der Waals surface area contributed by atoms with Gasteiger partial charge in [0, 0.05) is 15.5 Å². The zero-order chi connectivity index (χ0) is 22.7. The van der Waals surface area contributed by atoms with Crippen molar-refractivity contribution < 1.29 is 35.9 Å². The fraction of sp³-hybridized carbons (Fsp3) is 0.158. The lowest BCUT2D eigenvalue weighted by Gasteiger charge is -2.15. The van der Waals surface area contributed by atoms with E-state index in [1.807, 2.05) is 0 Å². The van der Waals surface area contributed by atoms with Crippen LogP contribution in [0.2, 0.25) is 5.02 Å². The smallest absolute Gasteiger partial charge is 0.416 e. The Labute approximate surface area is 175 Å². The number of halogens is 7. The molecule has 0 atom stereocenters. The molecule has 11 heteroatoms. The second-order valence-electron chi connectivity index (χ2n) is 5.67. The highest BCUT2D eigenvalue weighted by Crippen LogP contribution is 2.37. The molecule has 0 fully saturated rings. The molecular weight excluding hydrogens is 456 g/mol. The van der Waals surface area contributed by atoms with Crippen LogP contribution in [0.5, 0.6) is 0 Å². The molecule has 0 aromatic heterocycles. The normalized spacial score (nSPS) is 12.4. The van der Waals surface area contributed by atoms with Crippen molar-refractivity contribution in [2.24, 2.45) is 0 Å². The number of carbonyl (C=O) groups is 1. The molecule has 0 saturated heterocycles. The molecule has 0 aliphatic carbocycles. The molecule has 3 nitrogen and oxygen atoms in total. The predicted octanol–water partition coefficient (Wildman–Crippen LogP) is 6.82. The van der Waals surface area contributed by atoms with Crippen LogP contribution in [0, 0.1) is 11.3 Å². The van der Waals surface area contributed by atoms with Crippen LogP contribution < -0.4 is 0 Å². The van der Waals surface area contributed by atoms with Gasteiger partial charge in [0.15, 0.2) is 0 Å². The lowest BCUT2D eigenvalue weighted by molar-refractivity contribution is -0.143. The highest BCUT2D eigenvalue weighted by molar-refractivity contribution is 7.98. The summed E-state index contributed by atoms with van der Waals surface area (Å²) in [5, 5.41) is 9.29. The Morgan fingerprint density at radius 2 is 1.63 bits per heavy atom. The lowest BCUT2D eigenvalue weighted by atomic mass is 10.0. The molecule has 158 valence electrons. The first-order valence-corrected chi connectivity index (χ1v) is 9.42. The number of carbonyl (C=O) groups excluding carboxylic acids is 1. The number of nitriles is 1. The van der Waals surface area contributed by atoms with E-state index in [9.17, 15) is 31.1 Å². The van der Waals surface area contributed by atoms with E-state index in [2.05, 4.69) is 0 Å². The number of hydrogen-bond donors (Lipinski definition) is 0. The molecule has 2 aromatic carbocycles. The third-order valence-electron chi connectivity index (χ3n) is 3.65. The molecule has 2 aromatic rings. The van der Waals surface area contributed by atoms with Gasteiger partial charge in [-0.3, -0.25) is 0 Å². The maximum Gasteiger partial charge on any atom is 0.416 e. The van der Waals surface area contributed by atoms with Crippen LogP contribution in [-0.2, 0) is 17.1 Å². The fourth-order valence-electron chi connectivity index (χ4n) is 2.32. The number of rotatable bonds is 4. The Morgan fingerprint density at radius 3 is 2.10 bits per heavy atom. The summed E-state index contributed by atoms with van der Waals surface area (Å²) in [6.07, 6.45) is -7.78. The van der Waals surface area contributed by atoms with Gasteiger partial charge in [-0.1, -0.05) is 11.6 Å². The molecule has 0 unspecified atom stereocenters. The molecule has 0 spiro atoms. The standard InChI is InChI=1S/C19H10ClF6NO2S/c1-30-16-9-13(20)2-3-14(16)15(4-5-27)29-17(28)10-6-11(18(21,22)23)8-12(7-10)19(24,25)26/h2-4,6-9H,1H3. The quantitative estimate of drug-likeness (QED) is 0.163. The zero-order valence-electron chi connectivity index (χ0n) is 14.9. The molecule has 0 amide bonds. The SMILES string of the molecule is CSc1cc(Cl)ccc1C(=CC#N)OC(=O)c1cc(C(F)(F)F)cc(C(F)(F)F)c1. The number of alkyl halides is 6. The molecule has 0 saturated carbocycles. The zero-order valence-corrected chi connectivity index (χ0v) is 16.4. The Bertz CT molecular complexity index is 1010. The first-order chi connectivity index (χ1) is 13.9. The number of benzene rings is 2. The van der Waals surface area contributed by atoms with E-state index < -0.39 is 35.0 Å². The van der Waals surface area contributed by atoms with E-state index in [0.29, 0.717) is 9.92 Å². The number of thioether (sulfide) groups is 1. The van der Waals surface area contributed by atoms with Crippen LogP contribution in [0.15, 0.2) is 47.4 Å². The highest BCUT2D eigenvalue weighted by atomic mass is 35.5. The Kier molecular flexibility index (Phi) is 7.10. The van der Waals surface area contributed by atoms with Gasteiger partial charge in [0.05, 0.1) is 28.8 Å². The van der Waals surface area contributed by atoms with Crippen LogP contribution in [0.1, 0.15) is 27.0 Å². The Morgan fingerprint density at radius 1 is 1.07 bits per heavy atom. The van der Waals surface area contributed by atoms with Crippen molar-refractivity contribution >= 4 is 35.1 Å². The Balaban J connectivity index is 2.52. The van der Waals surface area contributed by atoms with Crippen LogP contribution in [-0.4, -0.2) is 12.2 Å². The van der Waals surface area contributed by atoms with Gasteiger partial charge in [-0.25, -0.2) is 4.79 Å². The summed E-state index contributed by atoms with van der Waals surface area (Å²) in [4.78, 5) is 12.9. The van der Waals surface area contributed by atoms with Gasteiger partial charge < -0.3 is 4.74 Å². The van der Waals surface area contributed by atoms with Crippen molar-refractivity contribution in [1.29, 1.82) is 5.26 Å². The van der Waals surface area contributed by atoms with Gasteiger partial charge in [0.2, 0.25) is 0 Å². The van der Waals surface area contributed by atoms with Gasteiger partial charge in [0.1, 0.15) is 5.76 Å². The Hall–Kier alpha value is -2.64. The molecular formula is C19H10ClF6NO2S. The minimum atomic E-state index is -5.12. The monoisotopic (exact) mass is 465 g/mol. The maximum atomic E-state index is 13.0. The summed E-state index contributed by atoms with van der Waals surface area (Å²) in [7, 11) is 0. The van der Waals surface area contributed by atoms with Gasteiger partial charge in [-0.2, -0.15) is 31.6 Å². The number of ether oxygens (including phenoxy) is 1. The molecule has 0 aliphatic rings. The minimum absolute atomic E-state index is 0.103. The summed E-state index contributed by atoms with van der Waals surface area (Å²) < 4.78 is 83.0. The second-order valence-corrected chi connectivity index (χ2v) is 6.95. The summed E-state index contributed by atoms with van der Waals surface area (Å²) in [5.41, 5.74) is -4.08. The van der Waals surface area contributed by atoms with Crippen LogP contribution in [0.3, 0.4) is 0 Å². The van der Waals surface area contributed by atoms with E-state index in [0.717, 1.165) is 6.08 Å². The first kappa shape index (κ1) is 23.6. The van der Waals surface area contributed by atoms with E-state index in [-0.39, 0.29) is 29.5 Å². The lowest BCUT2D eigenvalue weighted by Crippen LogP contribution is -2.14. The largest absolute Gasteiger partial charge is 0.421 e. The van der Waals surface area contributed by atoms with Crippen LogP contribution >= 0.6 is 23.4 Å². The summed E-state index contributed by atoms with van der Waals surface area (Å²) in [5.74, 6) is -1.84. The average Bonchev–Trinajstić information content (AvgIpc) is 2.65. The summed E-state index contributed by atoms with van der Waals surface area (Å²) in [6.45, 7) is 0. The van der Waals surface area contributed by atoms with Gasteiger partial charge >= 0.3 is 18.3 Å². The first-order valence-electron chi connectivity index (χ1n) is 7.82. The van der Waals surface area contributed by atoms with Crippen molar-refractivity contribution in [1.82, 2.24) is 0 Å². The molecule has 0 heterocycles. The number of nitrogens with zero attached hydrogens (tertiary/aromatic N) is 1. The molecule has 30 heavy (non-hydrogen) atoms. The fourth-order valence-corrected chi connectivity index (χ4v) is 3.19. The van der Waals surface area contributed by atoms with Gasteiger partial charge in [0.25, 0.3) is 0 Å². The van der Waals surface area contributed by atoms with Crippen molar-refractivity contribution in [3.8, 4) is 6.07 Å². The molecule has 0 N–H and O–H groups in total. The van der Waals surface area contributed by atoms with Gasteiger partial charge in [-0.05, 0) is 42.7 Å². The van der Waals surface area contributed by atoms with Gasteiger partial charge in [-0.15, -0.1) is 11.8 Å². The second kappa shape index (κ2) is 9.02. The summed E-state index contributed by atoms with van der Waals surface area (Å²) >= 11 is 7.06. The highest BCUT2D eigenvalue weighted by Gasteiger charge is 2.37. The molecule has 0 bridgehead atoms. The third kappa shape index (κ3) is 5.70. The van der Waals surface area contributed by atoms with Crippen LogP contribution in [0.4, 0.5) is 26.3 Å². The number of hydrogen-bond acceptors (Lipinski definition) is 4. The molecule has 0 aliphatic heterocycles. The topological polar surface area (TPSA) is 50.1 Å². The number of allylic oxidation sites excluding steroid dienone is 1. The third-order valence-corrected chi connectivity index (χ3v) is 4.66. The number of esters is 1. The maximum absolute atomic E-state index is 13.0. The van der Waals surface area contributed by atoms with Crippen molar-refractivity contribution in [3.05, 3.63) is 69.8 Å². The van der Waals surface area contributed by atoms with Crippen molar-refractivity contribution in [2.75, 3.05) is 6.26 Å². The average molecular weight is 466 g/mol. The predicted molar refractivity (Wildman–Crippen MR) is 98.7 cm³/mol. The minimum Gasteiger partial charge on any atom is -0.421 e. The van der Waals surface area contributed by atoms with E-state index in [1.165, 1.54) is 30.0 Å². The summed E-state index contributed by atoms with van der Waals surface area (Å²) in [6, 6.07) is 6.33. The van der Waals surface area contributed by atoms with E-state index in [1.54, 1.807) is 12.3 Å². The molecule has 2 rings (SSSR count). The van der Waals surface area contributed by atoms with Crippen LogP contribution in [0.25, 0.3) is 5.76 Å².